The van der Waals surface area contributed by atoms with Gasteiger partial charge in [0.05, 0.1) is 19.8 Å². The molecule has 0 spiro atoms. The molecule has 0 aliphatic heterocycles. The first-order valence-corrected chi connectivity index (χ1v) is 7.15. The summed E-state index contributed by atoms with van der Waals surface area (Å²) in [7, 11) is -3.64. The number of rotatable bonds is 9. The van der Waals surface area contributed by atoms with E-state index in [0.29, 0.717) is 6.29 Å². The molecule has 0 aromatic rings. The Morgan fingerprint density at radius 1 is 1.18 bits per heavy atom. The number of hydrogen-bond donors (Lipinski definition) is 0. The van der Waals surface area contributed by atoms with Crippen LogP contribution in [-0.2, 0) is 27.9 Å². The fraction of sp³-hybridized carbons (Fsp3) is 0.800. The molecule has 0 N–H and O–H groups in total. The van der Waals surface area contributed by atoms with Crippen LogP contribution in [0.3, 0.4) is 0 Å². The highest BCUT2D eigenvalue weighted by atomic mass is 31.2. The smallest absolute Gasteiger partial charge is 0.345 e. The Balaban J connectivity index is 5.00. The predicted molar refractivity (Wildman–Crippen MR) is 62.0 cm³/mol. The fourth-order valence-corrected chi connectivity index (χ4v) is 3.09. The molecule has 0 aromatic heterocycles. The molecule has 100 valence electrons. The van der Waals surface area contributed by atoms with Gasteiger partial charge in [-0.25, -0.2) is 0 Å². The average molecular weight is 266 g/mol. The zero-order chi connectivity index (χ0) is 13.3. The van der Waals surface area contributed by atoms with Crippen molar-refractivity contribution in [1.82, 2.24) is 0 Å². The van der Waals surface area contributed by atoms with Crippen molar-refractivity contribution in [3.8, 4) is 0 Å². The molecule has 0 unspecified atom stereocenters. The average Bonchev–Trinajstić information content (AvgIpc) is 2.26. The normalized spacial score (nSPS) is 13.1. The lowest BCUT2D eigenvalue weighted by molar-refractivity contribution is -0.143. The second-order valence-electron chi connectivity index (χ2n) is 3.05. The molecule has 0 rings (SSSR count). The monoisotopic (exact) mass is 266 g/mol. The summed E-state index contributed by atoms with van der Waals surface area (Å²) < 4.78 is 27.1. The van der Waals surface area contributed by atoms with E-state index in [4.69, 9.17) is 13.8 Å². The van der Waals surface area contributed by atoms with E-state index in [-0.39, 0.29) is 26.2 Å². The van der Waals surface area contributed by atoms with E-state index in [1.54, 1.807) is 20.8 Å². The first-order chi connectivity index (χ1) is 8.05. The van der Waals surface area contributed by atoms with Crippen LogP contribution in [0.1, 0.15) is 27.2 Å². The Morgan fingerprint density at radius 3 is 2.06 bits per heavy atom. The highest BCUT2D eigenvalue weighted by Crippen LogP contribution is 2.54. The third-order valence-corrected chi connectivity index (χ3v) is 4.30. The molecular formula is C10H19O6P. The van der Waals surface area contributed by atoms with Crippen LogP contribution in [0.4, 0.5) is 0 Å². The van der Waals surface area contributed by atoms with Crippen LogP contribution in [0, 0.1) is 0 Å². The molecule has 0 heterocycles. The molecule has 0 aliphatic carbocycles. The Morgan fingerprint density at radius 2 is 1.71 bits per heavy atom. The van der Waals surface area contributed by atoms with E-state index in [1.807, 2.05) is 0 Å². The van der Waals surface area contributed by atoms with Crippen molar-refractivity contribution < 1.29 is 27.9 Å². The SMILES string of the molecule is CCOC(=O)[C@@H](CC=O)P(=O)(OCC)OCC. The van der Waals surface area contributed by atoms with Crippen LogP contribution < -0.4 is 0 Å². The summed E-state index contributed by atoms with van der Waals surface area (Å²) in [6.45, 7) is 5.30. The zero-order valence-electron chi connectivity index (χ0n) is 10.4. The van der Waals surface area contributed by atoms with Gasteiger partial charge in [0, 0.05) is 6.42 Å². The molecule has 0 saturated heterocycles. The Bertz CT molecular complexity index is 281. The maximum absolute atomic E-state index is 12.3. The first kappa shape index (κ1) is 16.3. The molecule has 0 aromatic carbocycles. The minimum Gasteiger partial charge on any atom is -0.465 e. The van der Waals surface area contributed by atoms with Crippen molar-refractivity contribution in [2.75, 3.05) is 19.8 Å². The van der Waals surface area contributed by atoms with E-state index in [2.05, 4.69) is 0 Å². The molecule has 7 heteroatoms. The van der Waals surface area contributed by atoms with E-state index in [9.17, 15) is 14.2 Å². The van der Waals surface area contributed by atoms with Crippen LogP contribution in [0.25, 0.3) is 0 Å². The first-order valence-electron chi connectivity index (χ1n) is 5.54. The minimum absolute atomic E-state index is 0.131. The summed E-state index contributed by atoms with van der Waals surface area (Å²) in [6, 6.07) is 0. The third kappa shape index (κ3) is 4.98. The number of ether oxygens (including phenoxy) is 1. The molecule has 0 radical (unpaired) electrons. The van der Waals surface area contributed by atoms with Gasteiger partial charge in [0.15, 0.2) is 5.66 Å². The van der Waals surface area contributed by atoms with Crippen molar-refractivity contribution >= 4 is 19.9 Å². The number of carbonyl (C=O) groups excluding carboxylic acids is 2. The number of esters is 1. The lowest BCUT2D eigenvalue weighted by Gasteiger charge is -2.23. The van der Waals surface area contributed by atoms with Gasteiger partial charge < -0.3 is 18.6 Å². The molecule has 0 fully saturated rings. The maximum atomic E-state index is 12.3. The van der Waals surface area contributed by atoms with Crippen LogP contribution >= 0.6 is 7.60 Å². The van der Waals surface area contributed by atoms with E-state index >= 15 is 0 Å². The summed E-state index contributed by atoms with van der Waals surface area (Å²) >= 11 is 0. The minimum atomic E-state index is -3.64. The highest BCUT2D eigenvalue weighted by Gasteiger charge is 2.41. The Labute approximate surface area is 101 Å². The van der Waals surface area contributed by atoms with E-state index in [1.165, 1.54) is 0 Å². The molecule has 1 atom stereocenters. The second kappa shape index (κ2) is 8.39. The Kier molecular flexibility index (Phi) is 8.04. The Hall–Kier alpha value is -0.710. The number of carbonyl (C=O) groups is 2. The fourth-order valence-electron chi connectivity index (χ4n) is 1.26. The standard InChI is InChI=1S/C10H19O6P/c1-4-14-10(12)9(7-8-11)17(13,15-5-2)16-6-3/h8-9H,4-7H2,1-3H3/t9-/m1/s1. The zero-order valence-corrected chi connectivity index (χ0v) is 11.3. The summed E-state index contributed by atoms with van der Waals surface area (Å²) in [6.07, 6.45) is 0.266. The van der Waals surface area contributed by atoms with Gasteiger partial charge in [0.1, 0.15) is 6.29 Å². The van der Waals surface area contributed by atoms with Gasteiger partial charge in [-0.05, 0) is 20.8 Å². The second-order valence-corrected chi connectivity index (χ2v) is 5.27. The molecule has 6 nitrogen and oxygen atoms in total. The van der Waals surface area contributed by atoms with Crippen molar-refractivity contribution in [1.29, 1.82) is 0 Å². The largest absolute Gasteiger partial charge is 0.465 e. The summed E-state index contributed by atoms with van der Waals surface area (Å²) in [4.78, 5) is 22.2. The van der Waals surface area contributed by atoms with Gasteiger partial charge >= 0.3 is 13.6 Å². The van der Waals surface area contributed by atoms with Crippen LogP contribution in [-0.4, -0.2) is 37.7 Å². The van der Waals surface area contributed by atoms with Crippen LogP contribution in [0.15, 0.2) is 0 Å². The summed E-state index contributed by atoms with van der Waals surface area (Å²) in [5.74, 6) is -0.732. The van der Waals surface area contributed by atoms with Crippen molar-refractivity contribution in [2.45, 2.75) is 32.9 Å². The van der Waals surface area contributed by atoms with Crippen LogP contribution in [0.5, 0.6) is 0 Å². The molecule has 0 saturated carbocycles. The lowest BCUT2D eigenvalue weighted by atomic mass is 10.3. The van der Waals surface area contributed by atoms with E-state index < -0.39 is 19.2 Å². The maximum Gasteiger partial charge on any atom is 0.345 e. The third-order valence-electron chi connectivity index (χ3n) is 1.88. The van der Waals surface area contributed by atoms with Gasteiger partial charge in [-0.15, -0.1) is 0 Å². The van der Waals surface area contributed by atoms with Gasteiger partial charge in [-0.2, -0.15) is 0 Å². The molecule has 0 amide bonds. The van der Waals surface area contributed by atoms with Crippen molar-refractivity contribution in [2.24, 2.45) is 0 Å². The van der Waals surface area contributed by atoms with Crippen LogP contribution in [0.2, 0.25) is 0 Å². The summed E-state index contributed by atoms with van der Waals surface area (Å²) in [5, 5.41) is 0. The van der Waals surface area contributed by atoms with Crippen molar-refractivity contribution in [3.05, 3.63) is 0 Å². The predicted octanol–water partition coefficient (Wildman–Crippen LogP) is 1.77. The molecule has 17 heavy (non-hydrogen) atoms. The topological polar surface area (TPSA) is 78.9 Å². The highest BCUT2D eigenvalue weighted by molar-refractivity contribution is 7.55. The summed E-state index contributed by atoms with van der Waals surface area (Å²) in [5.41, 5.74) is -1.18. The quantitative estimate of drug-likeness (QED) is 0.359. The number of aldehydes is 1. The van der Waals surface area contributed by atoms with Gasteiger partial charge in [0.25, 0.3) is 0 Å². The van der Waals surface area contributed by atoms with Gasteiger partial charge in [0.2, 0.25) is 0 Å². The lowest BCUT2D eigenvalue weighted by Crippen LogP contribution is -2.26. The molecule has 0 aliphatic rings. The van der Waals surface area contributed by atoms with E-state index in [0.717, 1.165) is 0 Å². The van der Waals surface area contributed by atoms with Crippen molar-refractivity contribution in [3.63, 3.8) is 0 Å². The molecule has 0 bridgehead atoms. The number of hydrogen-bond acceptors (Lipinski definition) is 6. The van der Waals surface area contributed by atoms with Gasteiger partial charge in [-0.3, -0.25) is 9.36 Å². The van der Waals surface area contributed by atoms with Gasteiger partial charge in [-0.1, -0.05) is 0 Å². The molecular weight excluding hydrogens is 247 g/mol.